The van der Waals surface area contributed by atoms with E-state index in [0.29, 0.717) is 17.1 Å². The Labute approximate surface area is 113 Å². The van der Waals surface area contributed by atoms with Crippen molar-refractivity contribution in [3.8, 4) is 0 Å². The standard InChI is InChI=1S/C12H11N5OS/c1-8-11(19-16-14-8)12(18)13-7-9-6-10-4-2-3-5-17(10)15-9/h2-6H,7H2,1H3,(H,13,18). The summed E-state index contributed by atoms with van der Waals surface area (Å²) in [5, 5.41) is 11.0. The Morgan fingerprint density at radius 1 is 1.47 bits per heavy atom. The highest BCUT2D eigenvalue weighted by molar-refractivity contribution is 7.07. The molecular weight excluding hydrogens is 262 g/mol. The highest BCUT2D eigenvalue weighted by atomic mass is 32.1. The first-order valence-corrected chi connectivity index (χ1v) is 6.52. The number of amides is 1. The van der Waals surface area contributed by atoms with Gasteiger partial charge in [-0.3, -0.25) is 4.79 Å². The maximum Gasteiger partial charge on any atom is 0.265 e. The van der Waals surface area contributed by atoms with Crippen molar-refractivity contribution in [3.05, 3.63) is 46.7 Å². The largest absolute Gasteiger partial charge is 0.346 e. The minimum atomic E-state index is -0.162. The number of hydrogen-bond acceptors (Lipinski definition) is 5. The molecule has 0 unspecified atom stereocenters. The maximum atomic E-state index is 11.9. The second-order valence-electron chi connectivity index (χ2n) is 4.08. The SMILES string of the molecule is Cc1nnsc1C(=O)NCc1cc2ccccn2n1. The minimum Gasteiger partial charge on any atom is -0.346 e. The van der Waals surface area contributed by atoms with Crippen LogP contribution in [0.3, 0.4) is 0 Å². The predicted molar refractivity (Wildman–Crippen MR) is 71.0 cm³/mol. The molecule has 0 spiro atoms. The third-order valence-electron chi connectivity index (χ3n) is 2.71. The number of hydrogen-bond donors (Lipinski definition) is 1. The van der Waals surface area contributed by atoms with E-state index in [4.69, 9.17) is 0 Å². The molecular formula is C12H11N5OS. The summed E-state index contributed by atoms with van der Waals surface area (Å²) in [7, 11) is 0. The van der Waals surface area contributed by atoms with Crippen molar-refractivity contribution in [1.82, 2.24) is 24.5 Å². The highest BCUT2D eigenvalue weighted by Crippen LogP contribution is 2.09. The second-order valence-corrected chi connectivity index (χ2v) is 4.83. The van der Waals surface area contributed by atoms with Gasteiger partial charge in [-0.2, -0.15) is 5.10 Å². The van der Waals surface area contributed by atoms with Crippen molar-refractivity contribution in [3.63, 3.8) is 0 Å². The summed E-state index contributed by atoms with van der Waals surface area (Å²) in [6.45, 7) is 2.15. The van der Waals surface area contributed by atoms with Crippen LogP contribution in [0.5, 0.6) is 0 Å². The molecule has 0 aliphatic rings. The molecule has 1 amide bonds. The molecule has 0 bridgehead atoms. The predicted octanol–water partition coefficient (Wildman–Crippen LogP) is 1.42. The molecule has 0 fully saturated rings. The number of carbonyl (C=O) groups excluding carboxylic acids is 1. The molecule has 0 aromatic carbocycles. The summed E-state index contributed by atoms with van der Waals surface area (Å²) in [6, 6.07) is 7.77. The van der Waals surface area contributed by atoms with Crippen LogP contribution in [0.4, 0.5) is 0 Å². The molecule has 3 heterocycles. The van der Waals surface area contributed by atoms with Gasteiger partial charge in [-0.05, 0) is 36.7 Å². The first kappa shape index (κ1) is 11.8. The number of nitrogens with one attached hydrogen (secondary N) is 1. The van der Waals surface area contributed by atoms with Gasteiger partial charge < -0.3 is 5.32 Å². The smallest absolute Gasteiger partial charge is 0.265 e. The van der Waals surface area contributed by atoms with Gasteiger partial charge >= 0.3 is 0 Å². The molecule has 0 radical (unpaired) electrons. The van der Waals surface area contributed by atoms with Gasteiger partial charge in [0.25, 0.3) is 5.91 Å². The van der Waals surface area contributed by atoms with Crippen LogP contribution >= 0.6 is 11.5 Å². The van der Waals surface area contributed by atoms with Gasteiger partial charge in [-0.25, -0.2) is 4.52 Å². The van der Waals surface area contributed by atoms with E-state index in [1.54, 1.807) is 11.4 Å². The van der Waals surface area contributed by atoms with E-state index < -0.39 is 0 Å². The Morgan fingerprint density at radius 2 is 2.37 bits per heavy atom. The number of aromatic nitrogens is 4. The fraction of sp³-hybridized carbons (Fsp3) is 0.167. The molecule has 3 aromatic heterocycles. The fourth-order valence-electron chi connectivity index (χ4n) is 1.77. The van der Waals surface area contributed by atoms with E-state index in [9.17, 15) is 4.79 Å². The Balaban J connectivity index is 1.72. The molecule has 3 aromatic rings. The molecule has 6 nitrogen and oxygen atoms in total. The first-order valence-electron chi connectivity index (χ1n) is 5.74. The number of carbonyl (C=O) groups is 1. The van der Waals surface area contributed by atoms with Crippen molar-refractivity contribution >= 4 is 23.0 Å². The van der Waals surface area contributed by atoms with E-state index in [-0.39, 0.29) is 5.91 Å². The number of pyridine rings is 1. The van der Waals surface area contributed by atoms with Crippen LogP contribution in [0.15, 0.2) is 30.5 Å². The third kappa shape index (κ3) is 2.32. The summed E-state index contributed by atoms with van der Waals surface area (Å²) < 4.78 is 5.52. The lowest BCUT2D eigenvalue weighted by molar-refractivity contribution is 0.0953. The zero-order valence-electron chi connectivity index (χ0n) is 10.2. The zero-order chi connectivity index (χ0) is 13.2. The van der Waals surface area contributed by atoms with Crippen molar-refractivity contribution in [2.24, 2.45) is 0 Å². The van der Waals surface area contributed by atoms with Crippen LogP contribution in [0, 0.1) is 6.92 Å². The average Bonchev–Trinajstić information content (AvgIpc) is 3.01. The number of rotatable bonds is 3. The minimum absolute atomic E-state index is 0.162. The van der Waals surface area contributed by atoms with Gasteiger partial charge in [-0.15, -0.1) is 5.10 Å². The third-order valence-corrected chi connectivity index (χ3v) is 3.54. The molecule has 0 aliphatic carbocycles. The van der Waals surface area contributed by atoms with E-state index in [1.165, 1.54) is 0 Å². The summed E-state index contributed by atoms with van der Waals surface area (Å²) in [6.07, 6.45) is 1.87. The van der Waals surface area contributed by atoms with E-state index in [2.05, 4.69) is 20.0 Å². The Kier molecular flexibility index (Phi) is 2.96. The second kappa shape index (κ2) is 4.77. The monoisotopic (exact) mass is 273 g/mol. The van der Waals surface area contributed by atoms with Crippen molar-refractivity contribution in [1.29, 1.82) is 0 Å². The fourth-order valence-corrected chi connectivity index (χ4v) is 2.34. The lowest BCUT2D eigenvalue weighted by Gasteiger charge is -2.00. The number of aryl methyl sites for hydroxylation is 1. The summed E-state index contributed by atoms with van der Waals surface area (Å²) in [5.41, 5.74) is 2.47. The summed E-state index contributed by atoms with van der Waals surface area (Å²) >= 11 is 1.10. The Hall–Kier alpha value is -2.28. The molecule has 19 heavy (non-hydrogen) atoms. The molecule has 3 rings (SSSR count). The highest BCUT2D eigenvalue weighted by Gasteiger charge is 2.13. The molecule has 96 valence electrons. The first-order chi connectivity index (χ1) is 9.24. The lowest BCUT2D eigenvalue weighted by Crippen LogP contribution is -2.22. The van der Waals surface area contributed by atoms with E-state index in [0.717, 1.165) is 22.7 Å². The Bertz CT molecular complexity index is 699. The van der Waals surface area contributed by atoms with Gasteiger partial charge in [-0.1, -0.05) is 10.6 Å². The molecule has 7 heteroatoms. The lowest BCUT2D eigenvalue weighted by atomic mass is 10.3. The van der Waals surface area contributed by atoms with Crippen molar-refractivity contribution < 1.29 is 4.79 Å². The topological polar surface area (TPSA) is 72.2 Å². The quantitative estimate of drug-likeness (QED) is 0.783. The van der Waals surface area contributed by atoms with Gasteiger partial charge in [0.15, 0.2) is 0 Å². The van der Waals surface area contributed by atoms with Crippen LogP contribution in [0.25, 0.3) is 5.52 Å². The van der Waals surface area contributed by atoms with Crippen LogP contribution in [0.1, 0.15) is 21.1 Å². The van der Waals surface area contributed by atoms with E-state index in [1.807, 2.05) is 30.5 Å². The Morgan fingerprint density at radius 3 is 3.11 bits per heavy atom. The molecule has 0 saturated carbocycles. The van der Waals surface area contributed by atoms with Gasteiger partial charge in [0, 0.05) is 6.20 Å². The van der Waals surface area contributed by atoms with Gasteiger partial charge in [0.1, 0.15) is 4.88 Å². The summed E-state index contributed by atoms with van der Waals surface area (Å²) in [4.78, 5) is 12.4. The van der Waals surface area contributed by atoms with Crippen LogP contribution in [0.2, 0.25) is 0 Å². The number of nitrogens with zero attached hydrogens (tertiary/aromatic N) is 4. The van der Waals surface area contributed by atoms with Crippen LogP contribution in [-0.2, 0) is 6.54 Å². The zero-order valence-corrected chi connectivity index (χ0v) is 11.0. The van der Waals surface area contributed by atoms with Crippen molar-refractivity contribution in [2.45, 2.75) is 13.5 Å². The normalized spacial score (nSPS) is 10.8. The van der Waals surface area contributed by atoms with Crippen LogP contribution in [-0.4, -0.2) is 25.1 Å². The molecule has 1 N–H and O–H groups in total. The van der Waals surface area contributed by atoms with Gasteiger partial charge in [0.05, 0.1) is 23.4 Å². The molecule has 0 atom stereocenters. The van der Waals surface area contributed by atoms with Crippen LogP contribution < -0.4 is 5.32 Å². The molecule has 0 aliphatic heterocycles. The van der Waals surface area contributed by atoms with Gasteiger partial charge in [0.2, 0.25) is 0 Å². The van der Waals surface area contributed by atoms with Crippen molar-refractivity contribution in [2.75, 3.05) is 0 Å². The maximum absolute atomic E-state index is 11.9. The summed E-state index contributed by atoms with van der Waals surface area (Å²) in [5.74, 6) is -0.162. The average molecular weight is 273 g/mol. The molecule has 0 saturated heterocycles. The number of fused-ring (bicyclic) bond motifs is 1. The van der Waals surface area contributed by atoms with E-state index >= 15 is 0 Å².